The molecule has 0 heterocycles. The van der Waals surface area contributed by atoms with E-state index in [4.69, 9.17) is 0 Å². The average Bonchev–Trinajstić information content (AvgIpc) is 2.45. The van der Waals surface area contributed by atoms with Gasteiger partial charge < -0.3 is 5.11 Å². The summed E-state index contributed by atoms with van der Waals surface area (Å²) in [6.45, 7) is 2.25. The van der Waals surface area contributed by atoms with Crippen molar-refractivity contribution in [3.05, 3.63) is 24.0 Å². The van der Waals surface area contributed by atoms with Crippen LogP contribution in [0.5, 0.6) is 0 Å². The second kappa shape index (κ2) is 10.7. The molecule has 1 rings (SSSR count). The first-order valence-electron chi connectivity index (χ1n) is 8.37. The van der Waals surface area contributed by atoms with Gasteiger partial charge in [-0.25, -0.2) is 0 Å². The number of carbonyl (C=O) groups is 1. The van der Waals surface area contributed by atoms with Gasteiger partial charge in [0.25, 0.3) is 0 Å². The lowest BCUT2D eigenvalue weighted by Gasteiger charge is -2.13. The molecule has 1 atom stereocenters. The quantitative estimate of drug-likeness (QED) is 0.507. The second-order valence-corrected chi connectivity index (χ2v) is 5.88. The van der Waals surface area contributed by atoms with Crippen LogP contribution < -0.4 is 0 Å². The summed E-state index contributed by atoms with van der Waals surface area (Å²) in [6, 6.07) is 0. The Hall–Kier alpha value is -1.05. The molecule has 0 aromatic carbocycles. The largest absolute Gasteiger partial charge is 0.504 e. The molecule has 0 radical (unpaired) electrons. The van der Waals surface area contributed by atoms with Gasteiger partial charge in [0.05, 0.1) is 0 Å². The second-order valence-electron chi connectivity index (χ2n) is 5.88. The van der Waals surface area contributed by atoms with Crippen molar-refractivity contribution in [3.63, 3.8) is 0 Å². The summed E-state index contributed by atoms with van der Waals surface area (Å²) in [5.74, 6) is -0.276. The number of unbranched alkanes of at least 4 members (excludes halogenated alkanes) is 9. The van der Waals surface area contributed by atoms with E-state index < -0.39 is 0 Å². The van der Waals surface area contributed by atoms with Gasteiger partial charge in [0.2, 0.25) is 5.78 Å². The molecule has 114 valence electrons. The molecule has 0 bridgehead atoms. The predicted octanol–water partition coefficient (Wildman–Crippen LogP) is 5.49. The van der Waals surface area contributed by atoms with E-state index in [2.05, 4.69) is 6.92 Å². The van der Waals surface area contributed by atoms with Crippen LogP contribution in [0.3, 0.4) is 0 Å². The standard InChI is InChI=1S/C18H30O2/c1-2-3-4-5-6-7-8-9-10-11-13-16-14-12-15-17(19)18(16)20/h12,14-16,19H,2-11,13H2,1H3. The molecule has 0 aromatic rings. The SMILES string of the molecule is CCCCCCCCCCCCC1C=CC=C(O)C1=O. The van der Waals surface area contributed by atoms with Crippen molar-refractivity contribution in [1.29, 1.82) is 0 Å². The van der Waals surface area contributed by atoms with Gasteiger partial charge >= 0.3 is 0 Å². The number of ketones is 1. The van der Waals surface area contributed by atoms with Crippen LogP contribution in [-0.4, -0.2) is 10.9 Å². The lowest BCUT2D eigenvalue weighted by Crippen LogP contribution is -2.16. The van der Waals surface area contributed by atoms with Crippen molar-refractivity contribution in [1.82, 2.24) is 0 Å². The first kappa shape index (κ1) is 17.0. The maximum absolute atomic E-state index is 11.6. The van der Waals surface area contributed by atoms with E-state index in [9.17, 15) is 9.90 Å². The van der Waals surface area contributed by atoms with Gasteiger partial charge in [-0.2, -0.15) is 0 Å². The Morgan fingerprint density at radius 2 is 1.50 bits per heavy atom. The van der Waals surface area contributed by atoms with E-state index in [1.165, 1.54) is 63.9 Å². The highest BCUT2D eigenvalue weighted by Crippen LogP contribution is 2.20. The zero-order chi connectivity index (χ0) is 14.6. The van der Waals surface area contributed by atoms with Crippen molar-refractivity contribution >= 4 is 5.78 Å². The van der Waals surface area contributed by atoms with E-state index in [1.54, 1.807) is 6.08 Å². The summed E-state index contributed by atoms with van der Waals surface area (Å²) in [6.07, 6.45) is 19.2. The van der Waals surface area contributed by atoms with E-state index in [-0.39, 0.29) is 17.5 Å². The molecule has 0 saturated heterocycles. The number of Topliss-reactive ketones (excluding diaryl/α,β-unsaturated/α-hetero) is 1. The number of allylic oxidation sites excluding steroid dienone is 4. The molecule has 20 heavy (non-hydrogen) atoms. The first-order chi connectivity index (χ1) is 9.75. The molecule has 1 unspecified atom stereocenters. The third kappa shape index (κ3) is 6.93. The van der Waals surface area contributed by atoms with Gasteiger partial charge in [0.15, 0.2) is 5.76 Å². The molecule has 0 spiro atoms. The fourth-order valence-electron chi connectivity index (χ4n) is 2.72. The maximum Gasteiger partial charge on any atom is 0.203 e. The van der Waals surface area contributed by atoms with Gasteiger partial charge in [0.1, 0.15) is 0 Å². The van der Waals surface area contributed by atoms with Crippen molar-refractivity contribution in [2.75, 3.05) is 0 Å². The monoisotopic (exact) mass is 278 g/mol. The van der Waals surface area contributed by atoms with E-state index in [0.29, 0.717) is 0 Å². The fourth-order valence-corrected chi connectivity index (χ4v) is 2.72. The smallest absolute Gasteiger partial charge is 0.203 e. The lowest BCUT2D eigenvalue weighted by molar-refractivity contribution is -0.120. The molecule has 1 N–H and O–H groups in total. The van der Waals surface area contributed by atoms with Crippen LogP contribution in [0.25, 0.3) is 0 Å². The van der Waals surface area contributed by atoms with Crippen LogP contribution in [0.4, 0.5) is 0 Å². The van der Waals surface area contributed by atoms with Gasteiger partial charge in [0, 0.05) is 5.92 Å². The van der Waals surface area contributed by atoms with E-state index in [0.717, 1.165) is 12.8 Å². The molecule has 0 aliphatic heterocycles. The van der Waals surface area contributed by atoms with E-state index >= 15 is 0 Å². The molecule has 2 heteroatoms. The van der Waals surface area contributed by atoms with Crippen molar-refractivity contribution in [3.8, 4) is 0 Å². The predicted molar refractivity (Wildman–Crippen MR) is 84.8 cm³/mol. The summed E-state index contributed by atoms with van der Waals surface area (Å²) in [5.41, 5.74) is 0. The Morgan fingerprint density at radius 1 is 0.950 bits per heavy atom. The van der Waals surface area contributed by atoms with Crippen LogP contribution in [0.2, 0.25) is 0 Å². The fraction of sp³-hybridized carbons (Fsp3) is 0.722. The molecule has 0 saturated carbocycles. The summed E-state index contributed by atoms with van der Waals surface area (Å²) in [5, 5.41) is 9.37. The Morgan fingerprint density at radius 3 is 2.10 bits per heavy atom. The van der Waals surface area contributed by atoms with Crippen molar-refractivity contribution in [2.24, 2.45) is 5.92 Å². The normalized spacial score (nSPS) is 18.4. The Balaban J connectivity index is 1.91. The third-order valence-corrected chi connectivity index (χ3v) is 4.06. The Bertz CT molecular complexity index is 328. The van der Waals surface area contributed by atoms with Gasteiger partial charge in [-0.1, -0.05) is 83.3 Å². The molecular weight excluding hydrogens is 248 g/mol. The van der Waals surface area contributed by atoms with Crippen LogP contribution in [0.1, 0.15) is 77.6 Å². The van der Waals surface area contributed by atoms with Gasteiger partial charge in [-0.3, -0.25) is 4.79 Å². The number of hydrogen-bond acceptors (Lipinski definition) is 2. The van der Waals surface area contributed by atoms with Gasteiger partial charge in [-0.05, 0) is 12.5 Å². The number of aliphatic hydroxyl groups excluding tert-OH is 1. The molecule has 0 fully saturated rings. The van der Waals surface area contributed by atoms with Crippen molar-refractivity contribution < 1.29 is 9.90 Å². The minimum Gasteiger partial charge on any atom is -0.504 e. The minimum atomic E-state index is -0.108. The first-order valence-corrected chi connectivity index (χ1v) is 8.37. The third-order valence-electron chi connectivity index (χ3n) is 4.06. The summed E-state index contributed by atoms with van der Waals surface area (Å²) in [4.78, 5) is 11.6. The summed E-state index contributed by atoms with van der Waals surface area (Å²) >= 11 is 0. The average molecular weight is 278 g/mol. The van der Waals surface area contributed by atoms with Crippen LogP contribution in [0, 0.1) is 5.92 Å². The lowest BCUT2D eigenvalue weighted by atomic mass is 9.92. The highest BCUT2D eigenvalue weighted by Gasteiger charge is 2.20. The van der Waals surface area contributed by atoms with Crippen LogP contribution in [0.15, 0.2) is 24.0 Å². The molecule has 1 aliphatic rings. The van der Waals surface area contributed by atoms with Gasteiger partial charge in [-0.15, -0.1) is 0 Å². The molecule has 1 aliphatic carbocycles. The summed E-state index contributed by atoms with van der Waals surface area (Å²) in [7, 11) is 0. The van der Waals surface area contributed by atoms with Crippen LogP contribution in [-0.2, 0) is 4.79 Å². The zero-order valence-corrected chi connectivity index (χ0v) is 12.9. The summed E-state index contributed by atoms with van der Waals surface area (Å²) < 4.78 is 0. The van der Waals surface area contributed by atoms with E-state index in [1.807, 2.05) is 6.08 Å². The van der Waals surface area contributed by atoms with Crippen LogP contribution >= 0.6 is 0 Å². The maximum atomic E-state index is 11.6. The number of carbonyl (C=O) groups excluding carboxylic acids is 1. The number of hydrogen-bond donors (Lipinski definition) is 1. The topological polar surface area (TPSA) is 37.3 Å². The highest BCUT2D eigenvalue weighted by molar-refractivity contribution is 5.97. The molecule has 0 aromatic heterocycles. The molecular formula is C18H30O2. The molecule has 2 nitrogen and oxygen atoms in total. The Kier molecular flexibility index (Phi) is 9.10. The molecule has 0 amide bonds. The zero-order valence-electron chi connectivity index (χ0n) is 12.9. The number of rotatable bonds is 11. The Labute approximate surface area is 124 Å². The number of aliphatic hydroxyl groups is 1. The minimum absolute atomic E-state index is 0.0791. The highest BCUT2D eigenvalue weighted by atomic mass is 16.3. The van der Waals surface area contributed by atoms with Crippen molar-refractivity contribution in [2.45, 2.75) is 77.6 Å².